The van der Waals surface area contributed by atoms with Gasteiger partial charge in [0.15, 0.2) is 6.10 Å². The summed E-state index contributed by atoms with van der Waals surface area (Å²) in [5.74, 6) is 0.586. The van der Waals surface area contributed by atoms with Gasteiger partial charge in [0.1, 0.15) is 5.75 Å². The molecular weight excluding hydrogens is 250 g/mol. The van der Waals surface area contributed by atoms with Crippen LogP contribution in [-0.4, -0.2) is 12.0 Å². The lowest BCUT2D eigenvalue weighted by atomic mass is 10.1. The van der Waals surface area contributed by atoms with Crippen molar-refractivity contribution in [1.29, 1.82) is 0 Å². The Labute approximate surface area is 119 Å². The number of amides is 1. The topological polar surface area (TPSA) is 38.3 Å². The van der Waals surface area contributed by atoms with Crippen molar-refractivity contribution in [3.8, 4) is 5.75 Å². The Balaban J connectivity index is 1.87. The highest BCUT2D eigenvalue weighted by atomic mass is 16.5. The van der Waals surface area contributed by atoms with E-state index in [1.807, 2.05) is 61.5 Å². The molecule has 1 amide bonds. The van der Waals surface area contributed by atoms with Gasteiger partial charge in [0, 0.05) is 6.54 Å². The number of benzene rings is 2. The summed E-state index contributed by atoms with van der Waals surface area (Å²) >= 11 is 0. The Kier molecular flexibility index (Phi) is 4.77. The smallest absolute Gasteiger partial charge is 0.261 e. The minimum Gasteiger partial charge on any atom is -0.481 e. The van der Waals surface area contributed by atoms with Gasteiger partial charge in [0.25, 0.3) is 5.91 Å². The number of hydrogen-bond donors (Lipinski definition) is 1. The highest BCUT2D eigenvalue weighted by Crippen LogP contribution is 2.11. The zero-order chi connectivity index (χ0) is 14.4. The van der Waals surface area contributed by atoms with Crippen LogP contribution in [0.15, 0.2) is 54.6 Å². The number of rotatable bonds is 5. The van der Waals surface area contributed by atoms with Gasteiger partial charge in [-0.3, -0.25) is 4.79 Å². The maximum absolute atomic E-state index is 12.0. The fraction of sp³-hybridized carbons (Fsp3) is 0.235. The monoisotopic (exact) mass is 269 g/mol. The molecule has 0 fully saturated rings. The molecule has 0 aliphatic heterocycles. The zero-order valence-corrected chi connectivity index (χ0v) is 11.8. The predicted octanol–water partition coefficient (Wildman–Crippen LogP) is 3.08. The fourth-order valence-electron chi connectivity index (χ4n) is 1.89. The molecule has 0 aliphatic carbocycles. The molecule has 3 nitrogen and oxygen atoms in total. The number of carbonyl (C=O) groups is 1. The number of nitrogens with one attached hydrogen (secondary N) is 1. The lowest BCUT2D eigenvalue weighted by Crippen LogP contribution is -2.36. The Bertz CT molecular complexity index is 566. The van der Waals surface area contributed by atoms with Crippen LogP contribution in [0.4, 0.5) is 0 Å². The van der Waals surface area contributed by atoms with Gasteiger partial charge in [0.2, 0.25) is 0 Å². The third-order valence-electron chi connectivity index (χ3n) is 3.14. The first-order valence-corrected chi connectivity index (χ1v) is 6.71. The molecular formula is C17H19NO2. The van der Waals surface area contributed by atoms with Gasteiger partial charge < -0.3 is 10.1 Å². The van der Waals surface area contributed by atoms with Crippen LogP contribution >= 0.6 is 0 Å². The minimum atomic E-state index is -0.513. The summed E-state index contributed by atoms with van der Waals surface area (Å²) in [7, 11) is 0. The van der Waals surface area contributed by atoms with Crippen LogP contribution in [0.5, 0.6) is 5.75 Å². The Morgan fingerprint density at radius 2 is 1.75 bits per heavy atom. The van der Waals surface area contributed by atoms with Gasteiger partial charge in [0.05, 0.1) is 0 Å². The lowest BCUT2D eigenvalue weighted by molar-refractivity contribution is -0.127. The third kappa shape index (κ3) is 3.85. The van der Waals surface area contributed by atoms with Crippen molar-refractivity contribution < 1.29 is 9.53 Å². The SMILES string of the molecule is Cc1ccccc1CNC(=O)[C@H](C)Oc1ccccc1. The molecule has 20 heavy (non-hydrogen) atoms. The van der Waals surface area contributed by atoms with Gasteiger partial charge in [-0.1, -0.05) is 42.5 Å². The molecule has 0 aliphatic rings. The largest absolute Gasteiger partial charge is 0.481 e. The fourth-order valence-corrected chi connectivity index (χ4v) is 1.89. The van der Waals surface area contributed by atoms with E-state index >= 15 is 0 Å². The van der Waals surface area contributed by atoms with Gasteiger partial charge in [-0.25, -0.2) is 0 Å². The van der Waals surface area contributed by atoms with Crippen LogP contribution < -0.4 is 10.1 Å². The average Bonchev–Trinajstić information content (AvgIpc) is 2.47. The lowest BCUT2D eigenvalue weighted by Gasteiger charge is -2.15. The summed E-state index contributed by atoms with van der Waals surface area (Å²) < 4.78 is 5.58. The van der Waals surface area contributed by atoms with E-state index in [0.29, 0.717) is 12.3 Å². The van der Waals surface area contributed by atoms with E-state index < -0.39 is 6.10 Å². The molecule has 1 N–H and O–H groups in total. The Hall–Kier alpha value is -2.29. The molecule has 2 rings (SSSR count). The van der Waals surface area contributed by atoms with E-state index in [9.17, 15) is 4.79 Å². The first kappa shape index (κ1) is 14.1. The highest BCUT2D eigenvalue weighted by Gasteiger charge is 2.14. The summed E-state index contributed by atoms with van der Waals surface area (Å²) in [5, 5.41) is 2.90. The molecule has 0 aromatic heterocycles. The molecule has 2 aromatic rings. The molecule has 0 saturated carbocycles. The van der Waals surface area contributed by atoms with E-state index in [0.717, 1.165) is 5.56 Å². The number of carbonyl (C=O) groups excluding carboxylic acids is 1. The van der Waals surface area contributed by atoms with Crippen LogP contribution in [0.1, 0.15) is 18.1 Å². The highest BCUT2D eigenvalue weighted by molar-refractivity contribution is 5.80. The Morgan fingerprint density at radius 1 is 1.10 bits per heavy atom. The minimum absolute atomic E-state index is 0.114. The second-order valence-corrected chi connectivity index (χ2v) is 4.72. The summed E-state index contributed by atoms with van der Waals surface area (Å²) in [4.78, 5) is 12.0. The number of aryl methyl sites for hydroxylation is 1. The van der Waals surface area contributed by atoms with E-state index in [2.05, 4.69) is 5.32 Å². The average molecular weight is 269 g/mol. The van der Waals surface area contributed by atoms with Gasteiger partial charge in [-0.2, -0.15) is 0 Å². The van der Waals surface area contributed by atoms with Crippen molar-refractivity contribution in [1.82, 2.24) is 5.32 Å². The van der Waals surface area contributed by atoms with Gasteiger partial charge in [-0.15, -0.1) is 0 Å². The predicted molar refractivity (Wildman–Crippen MR) is 79.6 cm³/mol. The van der Waals surface area contributed by atoms with Crippen molar-refractivity contribution in [2.75, 3.05) is 0 Å². The van der Waals surface area contributed by atoms with Crippen molar-refractivity contribution in [3.63, 3.8) is 0 Å². The first-order valence-electron chi connectivity index (χ1n) is 6.71. The number of ether oxygens (including phenoxy) is 1. The second-order valence-electron chi connectivity index (χ2n) is 4.72. The Morgan fingerprint density at radius 3 is 2.45 bits per heavy atom. The van der Waals surface area contributed by atoms with Crippen LogP contribution in [0.25, 0.3) is 0 Å². The van der Waals surface area contributed by atoms with Crippen LogP contribution in [0, 0.1) is 6.92 Å². The maximum Gasteiger partial charge on any atom is 0.261 e. The van der Waals surface area contributed by atoms with Crippen LogP contribution in [0.3, 0.4) is 0 Å². The quantitative estimate of drug-likeness (QED) is 0.906. The maximum atomic E-state index is 12.0. The zero-order valence-electron chi connectivity index (χ0n) is 11.8. The summed E-state index contributed by atoms with van der Waals surface area (Å²) in [6.45, 7) is 4.31. The van der Waals surface area contributed by atoms with E-state index in [-0.39, 0.29) is 5.91 Å². The van der Waals surface area contributed by atoms with Crippen LogP contribution in [0.2, 0.25) is 0 Å². The summed E-state index contributed by atoms with van der Waals surface area (Å²) in [5.41, 5.74) is 2.29. The molecule has 104 valence electrons. The molecule has 1 atom stereocenters. The van der Waals surface area contributed by atoms with Gasteiger partial charge >= 0.3 is 0 Å². The van der Waals surface area contributed by atoms with Gasteiger partial charge in [-0.05, 0) is 37.1 Å². The summed E-state index contributed by atoms with van der Waals surface area (Å²) in [6, 6.07) is 17.4. The number of hydrogen-bond acceptors (Lipinski definition) is 2. The first-order chi connectivity index (χ1) is 9.66. The molecule has 3 heteroatoms. The van der Waals surface area contributed by atoms with E-state index in [1.165, 1.54) is 5.56 Å². The molecule has 0 heterocycles. The van der Waals surface area contributed by atoms with Crippen molar-refractivity contribution in [3.05, 3.63) is 65.7 Å². The molecule has 0 bridgehead atoms. The molecule has 0 radical (unpaired) electrons. The normalized spacial score (nSPS) is 11.7. The molecule has 2 aromatic carbocycles. The molecule has 0 unspecified atom stereocenters. The van der Waals surface area contributed by atoms with Crippen molar-refractivity contribution in [2.45, 2.75) is 26.5 Å². The van der Waals surface area contributed by atoms with E-state index in [1.54, 1.807) is 6.92 Å². The second kappa shape index (κ2) is 6.75. The third-order valence-corrected chi connectivity index (χ3v) is 3.14. The summed E-state index contributed by atoms with van der Waals surface area (Å²) in [6.07, 6.45) is -0.513. The van der Waals surface area contributed by atoms with E-state index in [4.69, 9.17) is 4.74 Å². The standard InChI is InChI=1S/C17H19NO2/c1-13-8-6-7-9-15(13)12-18-17(19)14(2)20-16-10-4-3-5-11-16/h3-11,14H,12H2,1-2H3,(H,18,19)/t14-/m0/s1. The molecule has 0 saturated heterocycles. The van der Waals surface area contributed by atoms with Crippen LogP contribution in [-0.2, 0) is 11.3 Å². The molecule has 0 spiro atoms. The van der Waals surface area contributed by atoms with Crippen molar-refractivity contribution >= 4 is 5.91 Å². The van der Waals surface area contributed by atoms with Crippen molar-refractivity contribution in [2.24, 2.45) is 0 Å². The number of para-hydroxylation sites is 1.